The summed E-state index contributed by atoms with van der Waals surface area (Å²) in [5, 5.41) is 2.92. The van der Waals surface area contributed by atoms with Crippen LogP contribution in [-0.2, 0) is 20.6 Å². The minimum absolute atomic E-state index is 0.0211. The van der Waals surface area contributed by atoms with Crippen LogP contribution < -0.4 is 10.2 Å². The van der Waals surface area contributed by atoms with Gasteiger partial charge in [-0.05, 0) is 24.6 Å². The maximum atomic E-state index is 12.6. The Labute approximate surface area is 160 Å². The lowest BCUT2D eigenvalue weighted by molar-refractivity contribution is -0.917. The van der Waals surface area contributed by atoms with Gasteiger partial charge in [-0.3, -0.25) is 4.79 Å². The molecule has 2 N–H and O–H groups in total. The second kappa shape index (κ2) is 8.65. The van der Waals surface area contributed by atoms with Gasteiger partial charge in [0.25, 0.3) is 5.91 Å². The van der Waals surface area contributed by atoms with E-state index in [9.17, 15) is 13.2 Å². The first-order chi connectivity index (χ1) is 13.0. The summed E-state index contributed by atoms with van der Waals surface area (Å²) in [6.45, 7) is 4.01. The van der Waals surface area contributed by atoms with Crippen molar-refractivity contribution in [1.29, 1.82) is 0 Å². The Morgan fingerprint density at radius 2 is 1.59 bits per heavy atom. The highest BCUT2D eigenvalue weighted by molar-refractivity contribution is 7.88. The molecule has 3 rings (SSSR count). The standard InChI is InChI=1S/C20H25N3O3S/c1-17(20(24)21-19-10-6-3-7-11-19)22-12-14-23(15-13-22)27(25,26)16-18-8-4-2-5-9-18/h2-11,17H,12-16H2,1H3,(H,21,24)/p+1/t17-/m0/s1. The van der Waals surface area contributed by atoms with E-state index in [2.05, 4.69) is 5.32 Å². The van der Waals surface area contributed by atoms with Crippen LogP contribution in [0.15, 0.2) is 60.7 Å². The van der Waals surface area contributed by atoms with Gasteiger partial charge in [0.05, 0.1) is 31.9 Å². The van der Waals surface area contributed by atoms with E-state index in [1.807, 2.05) is 67.6 Å². The molecule has 0 aliphatic carbocycles. The van der Waals surface area contributed by atoms with Crippen molar-refractivity contribution in [2.45, 2.75) is 18.7 Å². The van der Waals surface area contributed by atoms with Crippen LogP contribution in [0.25, 0.3) is 0 Å². The van der Waals surface area contributed by atoms with Gasteiger partial charge in [0, 0.05) is 5.69 Å². The van der Waals surface area contributed by atoms with Gasteiger partial charge in [-0.2, -0.15) is 4.31 Å². The van der Waals surface area contributed by atoms with Gasteiger partial charge >= 0.3 is 0 Å². The van der Waals surface area contributed by atoms with Crippen LogP contribution in [-0.4, -0.2) is 50.9 Å². The zero-order chi connectivity index (χ0) is 19.3. The maximum absolute atomic E-state index is 12.6. The zero-order valence-electron chi connectivity index (χ0n) is 15.5. The highest BCUT2D eigenvalue weighted by atomic mass is 32.2. The largest absolute Gasteiger partial charge is 0.323 e. The van der Waals surface area contributed by atoms with E-state index in [1.165, 1.54) is 0 Å². The molecule has 1 saturated heterocycles. The Balaban J connectivity index is 1.54. The summed E-state index contributed by atoms with van der Waals surface area (Å²) in [6, 6.07) is 18.4. The highest BCUT2D eigenvalue weighted by Gasteiger charge is 2.33. The predicted molar refractivity (Wildman–Crippen MR) is 106 cm³/mol. The summed E-state index contributed by atoms with van der Waals surface area (Å²) < 4.78 is 26.8. The lowest BCUT2D eigenvalue weighted by Gasteiger charge is -2.34. The third-order valence-electron chi connectivity index (χ3n) is 5.00. The average Bonchev–Trinajstić information content (AvgIpc) is 2.69. The van der Waals surface area contributed by atoms with Crippen molar-refractivity contribution in [3.8, 4) is 0 Å². The summed E-state index contributed by atoms with van der Waals surface area (Å²) >= 11 is 0. The van der Waals surface area contributed by atoms with E-state index >= 15 is 0 Å². The quantitative estimate of drug-likeness (QED) is 0.767. The number of nitrogens with one attached hydrogen (secondary N) is 2. The SMILES string of the molecule is C[C@@H](C(=O)Nc1ccccc1)[NH+]1CCN(S(=O)(=O)Cc2ccccc2)CC1. The number of hydrogen-bond donors (Lipinski definition) is 2. The smallest absolute Gasteiger partial charge is 0.282 e. The van der Waals surface area contributed by atoms with E-state index < -0.39 is 10.0 Å². The van der Waals surface area contributed by atoms with Crippen molar-refractivity contribution in [3.63, 3.8) is 0 Å². The first-order valence-electron chi connectivity index (χ1n) is 9.18. The Kier molecular flexibility index (Phi) is 6.26. The van der Waals surface area contributed by atoms with Crippen LogP contribution in [0.5, 0.6) is 0 Å². The normalized spacial score (nSPS) is 17.4. The third kappa shape index (κ3) is 5.15. The summed E-state index contributed by atoms with van der Waals surface area (Å²) in [7, 11) is -3.33. The van der Waals surface area contributed by atoms with Gasteiger partial charge < -0.3 is 10.2 Å². The van der Waals surface area contributed by atoms with Crippen molar-refractivity contribution in [2.75, 3.05) is 31.5 Å². The van der Waals surface area contributed by atoms with Crippen molar-refractivity contribution < 1.29 is 18.1 Å². The van der Waals surface area contributed by atoms with E-state index in [-0.39, 0.29) is 17.7 Å². The molecule has 1 aliphatic heterocycles. The van der Waals surface area contributed by atoms with Crippen molar-refractivity contribution in [1.82, 2.24) is 4.31 Å². The van der Waals surface area contributed by atoms with Gasteiger partial charge in [-0.15, -0.1) is 0 Å². The molecule has 0 spiro atoms. The molecule has 1 fully saturated rings. The van der Waals surface area contributed by atoms with Gasteiger partial charge in [0.2, 0.25) is 10.0 Å². The summed E-state index contributed by atoms with van der Waals surface area (Å²) in [4.78, 5) is 13.6. The van der Waals surface area contributed by atoms with Gasteiger partial charge in [-0.1, -0.05) is 48.5 Å². The number of para-hydroxylation sites is 1. The zero-order valence-corrected chi connectivity index (χ0v) is 16.3. The number of hydrogen-bond acceptors (Lipinski definition) is 3. The highest BCUT2D eigenvalue weighted by Crippen LogP contribution is 2.11. The van der Waals surface area contributed by atoms with E-state index in [0.29, 0.717) is 26.2 Å². The molecule has 1 heterocycles. The first kappa shape index (κ1) is 19.5. The number of rotatable bonds is 6. The van der Waals surface area contributed by atoms with Crippen LogP contribution in [0, 0.1) is 0 Å². The van der Waals surface area contributed by atoms with Gasteiger partial charge in [0.1, 0.15) is 0 Å². The molecule has 144 valence electrons. The molecule has 27 heavy (non-hydrogen) atoms. The van der Waals surface area contributed by atoms with Crippen molar-refractivity contribution in [2.24, 2.45) is 0 Å². The summed E-state index contributed by atoms with van der Waals surface area (Å²) in [5.41, 5.74) is 1.57. The van der Waals surface area contributed by atoms with Crippen LogP contribution in [0.4, 0.5) is 5.69 Å². The molecule has 7 heteroatoms. The van der Waals surface area contributed by atoms with Crippen LogP contribution in [0.3, 0.4) is 0 Å². The number of carbonyl (C=O) groups is 1. The average molecular weight is 389 g/mol. The molecule has 1 atom stereocenters. The third-order valence-corrected chi connectivity index (χ3v) is 6.85. The number of amides is 1. The molecule has 0 aromatic heterocycles. The molecule has 6 nitrogen and oxygen atoms in total. The fraction of sp³-hybridized carbons (Fsp3) is 0.350. The Bertz CT molecular complexity index is 849. The van der Waals surface area contributed by atoms with E-state index in [0.717, 1.165) is 16.2 Å². The number of quaternary nitrogens is 1. The van der Waals surface area contributed by atoms with Crippen molar-refractivity contribution >= 4 is 21.6 Å². The number of nitrogens with zero attached hydrogens (tertiary/aromatic N) is 1. The molecule has 0 saturated carbocycles. The lowest BCUT2D eigenvalue weighted by atomic mass is 10.2. The van der Waals surface area contributed by atoms with Gasteiger partial charge in [0.15, 0.2) is 6.04 Å². The fourth-order valence-electron chi connectivity index (χ4n) is 3.32. The summed E-state index contributed by atoms with van der Waals surface area (Å²) in [6.07, 6.45) is 0. The lowest BCUT2D eigenvalue weighted by Crippen LogP contribution is -3.19. The van der Waals surface area contributed by atoms with Crippen molar-refractivity contribution in [3.05, 3.63) is 66.2 Å². The number of piperazine rings is 1. The predicted octanol–water partition coefficient (Wildman–Crippen LogP) is 0.744. The van der Waals surface area contributed by atoms with E-state index in [4.69, 9.17) is 0 Å². The Morgan fingerprint density at radius 1 is 1.04 bits per heavy atom. The topological polar surface area (TPSA) is 70.9 Å². The number of carbonyl (C=O) groups excluding carboxylic acids is 1. The maximum Gasteiger partial charge on any atom is 0.282 e. The van der Waals surface area contributed by atoms with E-state index in [1.54, 1.807) is 4.31 Å². The second-order valence-corrected chi connectivity index (χ2v) is 8.84. The van der Waals surface area contributed by atoms with Gasteiger partial charge in [-0.25, -0.2) is 8.42 Å². The monoisotopic (exact) mass is 388 g/mol. The first-order valence-corrected chi connectivity index (χ1v) is 10.8. The molecule has 0 radical (unpaired) electrons. The number of anilines is 1. The van der Waals surface area contributed by atoms with Crippen LogP contribution >= 0.6 is 0 Å². The Hall–Kier alpha value is -2.22. The number of sulfonamides is 1. The van der Waals surface area contributed by atoms with Crippen LogP contribution in [0.2, 0.25) is 0 Å². The molecule has 1 amide bonds. The van der Waals surface area contributed by atoms with Crippen LogP contribution in [0.1, 0.15) is 12.5 Å². The minimum atomic E-state index is -3.33. The molecular formula is C20H26N3O3S+. The minimum Gasteiger partial charge on any atom is -0.323 e. The summed E-state index contributed by atoms with van der Waals surface area (Å²) in [5.74, 6) is -0.0236. The Morgan fingerprint density at radius 3 is 2.19 bits per heavy atom. The molecule has 0 unspecified atom stereocenters. The molecule has 2 aromatic carbocycles. The molecule has 2 aromatic rings. The molecular weight excluding hydrogens is 362 g/mol. The molecule has 0 bridgehead atoms. The molecule has 1 aliphatic rings. The second-order valence-electron chi connectivity index (χ2n) is 6.88. The number of benzene rings is 2. The fourth-order valence-corrected chi connectivity index (χ4v) is 4.85.